The Balaban J connectivity index is 1.16. The van der Waals surface area contributed by atoms with Gasteiger partial charge in [0.15, 0.2) is 8.07 Å². The summed E-state index contributed by atoms with van der Waals surface area (Å²) >= 11 is 0. The van der Waals surface area contributed by atoms with Gasteiger partial charge in [-0.1, -0.05) is 176 Å². The van der Waals surface area contributed by atoms with Crippen molar-refractivity contribution in [2.24, 2.45) is 0 Å². The number of hydrogen-bond acceptors (Lipinski definition) is 2. The van der Waals surface area contributed by atoms with E-state index in [1.807, 2.05) is 0 Å². The Labute approximate surface area is 345 Å². The summed E-state index contributed by atoms with van der Waals surface area (Å²) in [5.74, 6) is 1.77. The van der Waals surface area contributed by atoms with Gasteiger partial charge in [-0.25, -0.2) is 0 Å². The largest absolute Gasteiger partial charge is 0.458 e. The van der Waals surface area contributed by atoms with Crippen LogP contribution in [-0.4, -0.2) is 19.5 Å². The van der Waals surface area contributed by atoms with Crippen LogP contribution in [0.4, 0.5) is 11.4 Å². The van der Waals surface area contributed by atoms with E-state index in [-0.39, 0.29) is 6.85 Å². The average molecular weight is 769 g/mol. The molecule has 0 aliphatic carbocycles. The van der Waals surface area contributed by atoms with Crippen LogP contribution in [-0.2, 0) is 0 Å². The summed E-state index contributed by atoms with van der Waals surface area (Å²) in [6.07, 6.45) is 0. The highest BCUT2D eigenvalue weighted by molar-refractivity contribution is 7.20. The normalized spacial score (nSPS) is 12.8. The molecule has 0 saturated carbocycles. The average Bonchev–Trinajstić information content (AvgIpc) is 3.65. The van der Waals surface area contributed by atoms with Gasteiger partial charge in [0.1, 0.15) is 11.5 Å². The summed E-state index contributed by atoms with van der Waals surface area (Å²) in [7, 11) is -2.84. The Morgan fingerprint density at radius 2 is 0.915 bits per heavy atom. The van der Waals surface area contributed by atoms with E-state index in [1.165, 1.54) is 70.3 Å². The maximum atomic E-state index is 7.25. The summed E-state index contributed by atoms with van der Waals surface area (Å²) in [5, 5.41) is 7.84. The molecule has 0 saturated heterocycles. The lowest BCUT2D eigenvalue weighted by Gasteiger charge is -2.43. The van der Waals surface area contributed by atoms with E-state index in [4.69, 9.17) is 4.74 Å². The molecule has 0 amide bonds. The van der Waals surface area contributed by atoms with Crippen molar-refractivity contribution in [3.63, 3.8) is 0 Å². The van der Waals surface area contributed by atoms with Gasteiger partial charge in [-0.15, -0.1) is 0 Å². The number of aromatic nitrogens is 1. The summed E-state index contributed by atoms with van der Waals surface area (Å²) in [6.45, 7) is -0.151. The lowest BCUT2D eigenvalue weighted by molar-refractivity contribution is 0.487. The topological polar surface area (TPSA) is 17.4 Å². The molecule has 0 N–H and O–H groups in total. The van der Waals surface area contributed by atoms with Crippen molar-refractivity contribution in [1.29, 1.82) is 0 Å². The Morgan fingerprint density at radius 1 is 0.390 bits per heavy atom. The third-order valence-electron chi connectivity index (χ3n) is 12.6. The second-order valence-electron chi connectivity index (χ2n) is 15.6. The molecule has 1 aromatic heterocycles. The predicted molar refractivity (Wildman–Crippen MR) is 250 cm³/mol. The van der Waals surface area contributed by atoms with E-state index in [1.54, 1.807) is 0 Å². The van der Waals surface area contributed by atoms with Crippen LogP contribution >= 0.6 is 0 Å². The summed E-state index contributed by atoms with van der Waals surface area (Å²) in [6, 6.07) is 82.5. The molecule has 3 heterocycles. The highest BCUT2D eigenvalue weighted by Crippen LogP contribution is 2.45. The highest BCUT2D eigenvalue weighted by Gasteiger charge is 2.47. The lowest BCUT2D eigenvalue weighted by Crippen LogP contribution is -2.75. The summed E-state index contributed by atoms with van der Waals surface area (Å²) in [4.78, 5) is 2.54. The van der Waals surface area contributed by atoms with Gasteiger partial charge >= 0.3 is 6.85 Å². The molecule has 2 aliphatic heterocycles. The first-order chi connectivity index (χ1) is 29.3. The number of ether oxygens (including phenoxy) is 1. The lowest BCUT2D eigenvalue weighted by atomic mass is 9.44. The van der Waals surface area contributed by atoms with E-state index < -0.39 is 8.07 Å². The van der Waals surface area contributed by atoms with Crippen molar-refractivity contribution < 1.29 is 4.74 Å². The van der Waals surface area contributed by atoms with Crippen molar-refractivity contribution in [2.75, 3.05) is 4.81 Å². The van der Waals surface area contributed by atoms with E-state index in [0.29, 0.717) is 0 Å². The Kier molecular flexibility index (Phi) is 7.65. The molecule has 0 spiro atoms. The second-order valence-corrected chi connectivity index (χ2v) is 19.4. The Morgan fingerprint density at radius 3 is 1.53 bits per heavy atom. The minimum atomic E-state index is -2.84. The number of fused-ring (bicyclic) bond motifs is 7. The first kappa shape index (κ1) is 33.8. The second kappa shape index (κ2) is 13.4. The van der Waals surface area contributed by atoms with Gasteiger partial charge < -0.3 is 14.1 Å². The van der Waals surface area contributed by atoms with Crippen molar-refractivity contribution in [1.82, 2.24) is 4.57 Å². The quantitative estimate of drug-likeness (QED) is 0.124. The van der Waals surface area contributed by atoms with Crippen molar-refractivity contribution in [2.45, 2.75) is 0 Å². The van der Waals surface area contributed by atoms with Gasteiger partial charge in [-0.3, -0.25) is 0 Å². The number of benzene rings is 9. The molecular weight excluding hydrogens is 732 g/mol. The molecule has 3 nitrogen and oxygen atoms in total. The van der Waals surface area contributed by atoms with Gasteiger partial charge in [-0.2, -0.15) is 0 Å². The molecule has 0 bridgehead atoms. The zero-order valence-electron chi connectivity index (χ0n) is 32.2. The standard InChI is InChI=1S/C54H37BN2OSi/c1-5-19-38(20-6-1)57-51-32-18-15-29-46(51)47-35-39(56-49-30-16-13-27-44(49)45-28-14-17-31-50(45)56)36-53-54(47)55(57)48-37-43(33-34-52(48)58-53)59(40-21-7-2-8-22-40,41-23-9-3-10-24-41)42-25-11-4-12-26-42/h1-37H. The zero-order valence-corrected chi connectivity index (χ0v) is 33.2. The maximum Gasteiger partial charge on any atom is 0.336 e. The molecule has 5 heteroatoms. The van der Waals surface area contributed by atoms with Crippen molar-refractivity contribution in [3.05, 3.63) is 224 Å². The predicted octanol–water partition coefficient (Wildman–Crippen LogP) is 9.19. The molecule has 59 heavy (non-hydrogen) atoms. The smallest absolute Gasteiger partial charge is 0.336 e. The van der Waals surface area contributed by atoms with Crippen LogP contribution in [0, 0.1) is 0 Å². The summed E-state index contributed by atoms with van der Waals surface area (Å²) < 4.78 is 9.65. The van der Waals surface area contributed by atoms with Crippen LogP contribution < -0.4 is 41.2 Å². The van der Waals surface area contributed by atoms with Gasteiger partial charge in [0.25, 0.3) is 0 Å². The first-order valence-electron chi connectivity index (χ1n) is 20.4. The van der Waals surface area contributed by atoms with Gasteiger partial charge in [0.2, 0.25) is 0 Å². The van der Waals surface area contributed by atoms with E-state index in [0.717, 1.165) is 22.9 Å². The Bertz CT molecular complexity index is 3050. The molecule has 0 fully saturated rings. The van der Waals surface area contributed by atoms with Crippen molar-refractivity contribution >= 4 is 79.8 Å². The molecule has 0 atom stereocenters. The first-order valence-corrected chi connectivity index (χ1v) is 22.4. The monoisotopic (exact) mass is 768 g/mol. The summed E-state index contributed by atoms with van der Waals surface area (Å²) in [5.41, 5.74) is 10.5. The van der Waals surface area contributed by atoms with Crippen LogP contribution in [0.15, 0.2) is 224 Å². The number of anilines is 2. The molecule has 2 aliphatic rings. The van der Waals surface area contributed by atoms with Crippen molar-refractivity contribution in [3.8, 4) is 28.3 Å². The molecule has 10 aromatic rings. The van der Waals surface area contributed by atoms with E-state index in [2.05, 4.69) is 234 Å². The fraction of sp³-hybridized carbons (Fsp3) is 0. The fourth-order valence-electron chi connectivity index (χ4n) is 10.2. The third kappa shape index (κ3) is 5.02. The number of nitrogens with zero attached hydrogens (tertiary/aromatic N) is 2. The van der Waals surface area contributed by atoms with Crippen LogP contribution in [0.3, 0.4) is 0 Å². The molecular formula is C54H37BN2OSi. The molecule has 0 radical (unpaired) electrons. The van der Waals surface area contributed by atoms with Gasteiger partial charge in [0, 0.05) is 39.2 Å². The van der Waals surface area contributed by atoms with Crippen LogP contribution in [0.2, 0.25) is 0 Å². The van der Waals surface area contributed by atoms with Crippen LogP contribution in [0.1, 0.15) is 0 Å². The maximum absolute atomic E-state index is 7.25. The van der Waals surface area contributed by atoms with Crippen LogP contribution in [0.25, 0.3) is 38.6 Å². The van der Waals surface area contributed by atoms with Crippen LogP contribution in [0.5, 0.6) is 11.5 Å². The highest BCUT2D eigenvalue weighted by atomic mass is 28.3. The minimum absolute atomic E-state index is 0.151. The van der Waals surface area contributed by atoms with E-state index in [9.17, 15) is 0 Å². The van der Waals surface area contributed by atoms with Gasteiger partial charge in [-0.05, 0) is 74.2 Å². The Hall–Kier alpha value is -7.34. The number of para-hydroxylation sites is 4. The molecule has 9 aromatic carbocycles. The number of rotatable bonds is 6. The SMILES string of the molecule is c1ccc(N2B3c4cc([Si](c5ccccc5)(c5ccccc5)c5ccccc5)ccc4Oc4cc(-n5c6ccccc6c6ccccc65)cc(c43)-c3ccccc32)cc1. The molecule has 0 unspecified atom stereocenters. The minimum Gasteiger partial charge on any atom is -0.458 e. The van der Waals surface area contributed by atoms with Gasteiger partial charge in [0.05, 0.1) is 16.7 Å². The fourth-order valence-corrected chi connectivity index (χ4v) is 14.9. The van der Waals surface area contributed by atoms with E-state index >= 15 is 0 Å². The molecule has 12 rings (SSSR count). The molecule has 276 valence electrons. The third-order valence-corrected chi connectivity index (χ3v) is 17.3. The zero-order chi connectivity index (χ0) is 38.9. The number of hydrogen-bond donors (Lipinski definition) is 0.